The van der Waals surface area contributed by atoms with Crippen LogP contribution >= 0.6 is 0 Å². The first-order valence-corrected chi connectivity index (χ1v) is 5.65. The van der Waals surface area contributed by atoms with Crippen LogP contribution in [0.1, 0.15) is 40.0 Å². The number of hydrogen-bond donors (Lipinski definition) is 2. The molecule has 1 aliphatic rings. The van der Waals surface area contributed by atoms with Gasteiger partial charge >= 0.3 is 0 Å². The highest BCUT2D eigenvalue weighted by atomic mass is 16.7. The second-order valence-corrected chi connectivity index (χ2v) is 5.14. The van der Waals surface area contributed by atoms with E-state index in [4.69, 9.17) is 4.84 Å². The SMILES string of the molecule is CC(C)(C)ONC(=O)CC1CCNCC1. The monoisotopic (exact) mass is 214 g/mol. The normalized spacial score (nSPS) is 18.9. The minimum atomic E-state index is -0.316. The molecule has 1 aliphatic heterocycles. The zero-order valence-corrected chi connectivity index (χ0v) is 9.93. The van der Waals surface area contributed by atoms with E-state index in [1.807, 2.05) is 20.8 Å². The lowest BCUT2D eigenvalue weighted by Crippen LogP contribution is -2.36. The molecule has 4 heteroatoms. The molecule has 0 aromatic heterocycles. The van der Waals surface area contributed by atoms with Gasteiger partial charge < -0.3 is 5.32 Å². The van der Waals surface area contributed by atoms with Gasteiger partial charge in [0.05, 0.1) is 5.60 Å². The summed E-state index contributed by atoms with van der Waals surface area (Å²) in [5, 5.41) is 3.28. The minimum absolute atomic E-state index is 0.00294. The van der Waals surface area contributed by atoms with Crippen molar-refractivity contribution in [3.63, 3.8) is 0 Å². The summed E-state index contributed by atoms with van der Waals surface area (Å²) in [6, 6.07) is 0. The fourth-order valence-corrected chi connectivity index (χ4v) is 1.60. The van der Waals surface area contributed by atoms with Gasteiger partial charge in [0, 0.05) is 6.42 Å². The number of amides is 1. The average molecular weight is 214 g/mol. The standard InChI is InChI=1S/C11H22N2O2/c1-11(2,3)15-13-10(14)8-9-4-6-12-7-5-9/h9,12H,4-8H2,1-3H3,(H,13,14). The van der Waals surface area contributed by atoms with E-state index >= 15 is 0 Å². The second kappa shape index (κ2) is 5.47. The largest absolute Gasteiger partial charge is 0.317 e. The lowest BCUT2D eigenvalue weighted by molar-refractivity contribution is -0.146. The molecule has 2 N–H and O–H groups in total. The van der Waals surface area contributed by atoms with Gasteiger partial charge in [-0.2, -0.15) is 0 Å². The molecule has 0 spiro atoms. The van der Waals surface area contributed by atoms with Crippen molar-refractivity contribution in [1.82, 2.24) is 10.8 Å². The number of carbonyl (C=O) groups is 1. The Labute approximate surface area is 91.7 Å². The van der Waals surface area contributed by atoms with Crippen molar-refractivity contribution in [2.45, 2.75) is 45.6 Å². The average Bonchev–Trinajstić information content (AvgIpc) is 2.15. The Morgan fingerprint density at radius 3 is 2.53 bits per heavy atom. The third-order valence-corrected chi connectivity index (χ3v) is 2.40. The molecule has 1 saturated heterocycles. The van der Waals surface area contributed by atoms with E-state index in [1.165, 1.54) is 0 Å². The van der Waals surface area contributed by atoms with Crippen LogP contribution in [0.3, 0.4) is 0 Å². The van der Waals surface area contributed by atoms with Crippen molar-refractivity contribution < 1.29 is 9.63 Å². The molecule has 0 atom stereocenters. The van der Waals surface area contributed by atoms with Crippen molar-refractivity contribution in [2.75, 3.05) is 13.1 Å². The molecule has 0 radical (unpaired) electrons. The molecule has 0 aromatic carbocycles. The van der Waals surface area contributed by atoms with Gasteiger partial charge in [-0.3, -0.25) is 9.63 Å². The summed E-state index contributed by atoms with van der Waals surface area (Å²) >= 11 is 0. The first kappa shape index (κ1) is 12.5. The Morgan fingerprint density at radius 1 is 1.40 bits per heavy atom. The molecule has 15 heavy (non-hydrogen) atoms. The smallest absolute Gasteiger partial charge is 0.243 e. The summed E-state index contributed by atoms with van der Waals surface area (Å²) in [4.78, 5) is 16.7. The molecule has 1 fully saturated rings. The first-order valence-electron chi connectivity index (χ1n) is 5.65. The van der Waals surface area contributed by atoms with Gasteiger partial charge in [0.1, 0.15) is 0 Å². The summed E-state index contributed by atoms with van der Waals surface area (Å²) in [6.07, 6.45) is 2.75. The van der Waals surface area contributed by atoms with Crippen LogP contribution in [0.25, 0.3) is 0 Å². The molecule has 1 heterocycles. The lowest BCUT2D eigenvalue weighted by Gasteiger charge is -2.23. The van der Waals surface area contributed by atoms with E-state index in [9.17, 15) is 4.79 Å². The topological polar surface area (TPSA) is 50.4 Å². The van der Waals surface area contributed by atoms with Crippen molar-refractivity contribution in [3.05, 3.63) is 0 Å². The Kier molecular flexibility index (Phi) is 4.54. The minimum Gasteiger partial charge on any atom is -0.317 e. The van der Waals surface area contributed by atoms with E-state index in [1.54, 1.807) is 0 Å². The van der Waals surface area contributed by atoms with Crippen LogP contribution in [0.5, 0.6) is 0 Å². The zero-order valence-electron chi connectivity index (χ0n) is 9.93. The van der Waals surface area contributed by atoms with Crippen molar-refractivity contribution >= 4 is 5.91 Å². The number of hydroxylamine groups is 1. The van der Waals surface area contributed by atoms with Crippen molar-refractivity contribution in [1.29, 1.82) is 0 Å². The highest BCUT2D eigenvalue weighted by Crippen LogP contribution is 2.15. The Bertz CT molecular complexity index is 205. The van der Waals surface area contributed by atoms with Gasteiger partial charge in [-0.25, -0.2) is 5.48 Å². The highest BCUT2D eigenvalue weighted by molar-refractivity contribution is 5.75. The Balaban J connectivity index is 2.17. The molecule has 0 aromatic rings. The second-order valence-electron chi connectivity index (χ2n) is 5.14. The van der Waals surface area contributed by atoms with Crippen LogP contribution in [0.2, 0.25) is 0 Å². The van der Waals surface area contributed by atoms with Crippen molar-refractivity contribution in [3.8, 4) is 0 Å². The summed E-state index contributed by atoms with van der Waals surface area (Å²) in [5.41, 5.74) is 2.19. The van der Waals surface area contributed by atoms with Crippen LogP contribution < -0.4 is 10.8 Å². The van der Waals surface area contributed by atoms with E-state index in [0.29, 0.717) is 12.3 Å². The number of carbonyl (C=O) groups excluding carboxylic acids is 1. The molecule has 1 amide bonds. The number of rotatable bonds is 3. The summed E-state index contributed by atoms with van der Waals surface area (Å²) in [7, 11) is 0. The Morgan fingerprint density at radius 2 is 2.00 bits per heavy atom. The summed E-state index contributed by atoms with van der Waals surface area (Å²) in [6.45, 7) is 7.80. The maximum Gasteiger partial charge on any atom is 0.243 e. The van der Waals surface area contributed by atoms with Gasteiger partial charge in [-0.05, 0) is 52.6 Å². The maximum absolute atomic E-state index is 11.5. The fraction of sp³-hybridized carbons (Fsp3) is 0.909. The quantitative estimate of drug-likeness (QED) is 0.695. The summed E-state index contributed by atoms with van der Waals surface area (Å²) < 4.78 is 0. The first-order chi connectivity index (χ1) is 6.97. The van der Waals surface area contributed by atoms with Crippen LogP contribution in [-0.4, -0.2) is 24.6 Å². The number of hydrogen-bond acceptors (Lipinski definition) is 3. The maximum atomic E-state index is 11.5. The van der Waals surface area contributed by atoms with Crippen LogP contribution in [0.4, 0.5) is 0 Å². The van der Waals surface area contributed by atoms with Gasteiger partial charge in [0.2, 0.25) is 5.91 Å². The third-order valence-electron chi connectivity index (χ3n) is 2.40. The lowest BCUT2D eigenvalue weighted by atomic mass is 9.94. The molecule has 1 rings (SSSR count). The molecule has 0 bridgehead atoms. The predicted molar refractivity (Wildman–Crippen MR) is 59.2 cm³/mol. The van der Waals surface area contributed by atoms with E-state index in [2.05, 4.69) is 10.8 Å². The van der Waals surface area contributed by atoms with Crippen molar-refractivity contribution in [2.24, 2.45) is 5.92 Å². The molecule has 0 aliphatic carbocycles. The number of nitrogens with one attached hydrogen (secondary N) is 2. The molecule has 0 unspecified atom stereocenters. The fourth-order valence-electron chi connectivity index (χ4n) is 1.60. The third kappa shape index (κ3) is 5.74. The molecule has 4 nitrogen and oxygen atoms in total. The zero-order chi connectivity index (χ0) is 11.3. The van der Waals surface area contributed by atoms with E-state index < -0.39 is 0 Å². The van der Waals surface area contributed by atoms with Gasteiger partial charge in [0.25, 0.3) is 0 Å². The highest BCUT2D eigenvalue weighted by Gasteiger charge is 2.18. The van der Waals surface area contributed by atoms with E-state index in [-0.39, 0.29) is 11.5 Å². The molecule has 88 valence electrons. The van der Waals surface area contributed by atoms with E-state index in [0.717, 1.165) is 25.9 Å². The van der Waals surface area contributed by atoms with Crippen LogP contribution in [0, 0.1) is 5.92 Å². The van der Waals surface area contributed by atoms with Crippen LogP contribution in [-0.2, 0) is 9.63 Å². The van der Waals surface area contributed by atoms with Gasteiger partial charge in [0.15, 0.2) is 0 Å². The Hall–Kier alpha value is -0.610. The summed E-state index contributed by atoms with van der Waals surface area (Å²) in [5.74, 6) is 0.506. The molecular formula is C11H22N2O2. The molecule has 0 saturated carbocycles. The van der Waals surface area contributed by atoms with Crippen LogP contribution in [0.15, 0.2) is 0 Å². The molecular weight excluding hydrogens is 192 g/mol. The van der Waals surface area contributed by atoms with Gasteiger partial charge in [-0.1, -0.05) is 0 Å². The predicted octanol–water partition coefficient (Wildman–Crippen LogP) is 1.22. The van der Waals surface area contributed by atoms with Gasteiger partial charge in [-0.15, -0.1) is 0 Å². The number of piperidine rings is 1.